The number of carbonyl (C=O) groups is 1. The largest absolute Gasteiger partial charge is 0.337 e. The highest BCUT2D eigenvalue weighted by Gasteiger charge is 2.26. The van der Waals surface area contributed by atoms with Gasteiger partial charge in [0.1, 0.15) is 5.82 Å². The number of halogens is 4. The second-order valence-electron chi connectivity index (χ2n) is 4.05. The van der Waals surface area contributed by atoms with Crippen LogP contribution in [0, 0.1) is 5.82 Å². The maximum absolute atomic E-state index is 13.4. The van der Waals surface area contributed by atoms with Crippen LogP contribution in [0.25, 0.3) is 0 Å². The number of hydrogen-bond acceptors (Lipinski definition) is 2. The second kappa shape index (κ2) is 6.19. The number of hydrogen-bond donors (Lipinski definition) is 1. The van der Waals surface area contributed by atoms with Crippen molar-refractivity contribution < 1.29 is 9.18 Å². The first kappa shape index (κ1) is 15.7. The van der Waals surface area contributed by atoms with Gasteiger partial charge in [0.25, 0.3) is 5.91 Å². The Balaban J connectivity index is 0.00000162. The van der Waals surface area contributed by atoms with Crippen LogP contribution >= 0.6 is 39.9 Å². The Hall–Kier alpha value is -0.360. The molecule has 2 N–H and O–H groups in total. The topological polar surface area (TPSA) is 46.3 Å². The highest BCUT2D eigenvalue weighted by Crippen LogP contribution is 2.26. The van der Waals surface area contributed by atoms with Crippen LogP contribution in [0.2, 0.25) is 5.02 Å². The SMILES string of the molecule is Cl.N[C@@H]1CCN(C(=O)c2cc(F)c(Br)cc2Cl)C1. The molecule has 3 nitrogen and oxygen atoms in total. The van der Waals surface area contributed by atoms with Crippen LogP contribution in [0.5, 0.6) is 0 Å². The number of nitrogens with zero attached hydrogens (tertiary/aromatic N) is 1. The standard InChI is InChI=1S/C11H11BrClFN2O.ClH/c12-8-4-9(13)7(3-10(8)14)11(17)16-2-1-6(15)5-16;/h3-4,6H,1-2,5,15H2;1H/t6-;/m1./s1. The number of carbonyl (C=O) groups excluding carboxylic acids is 1. The number of nitrogens with two attached hydrogens (primary N) is 1. The fraction of sp³-hybridized carbons (Fsp3) is 0.364. The highest BCUT2D eigenvalue weighted by molar-refractivity contribution is 9.10. The lowest BCUT2D eigenvalue weighted by Gasteiger charge is -2.16. The first-order valence-corrected chi connectivity index (χ1v) is 6.35. The fourth-order valence-corrected chi connectivity index (χ4v) is 2.55. The molecule has 1 aliphatic heterocycles. The zero-order valence-electron chi connectivity index (χ0n) is 9.33. The van der Waals surface area contributed by atoms with E-state index >= 15 is 0 Å². The first-order valence-electron chi connectivity index (χ1n) is 5.18. The van der Waals surface area contributed by atoms with Crippen molar-refractivity contribution in [2.24, 2.45) is 5.73 Å². The minimum Gasteiger partial charge on any atom is -0.337 e. The lowest BCUT2D eigenvalue weighted by atomic mass is 10.2. The minimum atomic E-state index is -0.499. The summed E-state index contributed by atoms with van der Waals surface area (Å²) in [5.74, 6) is -0.768. The summed E-state index contributed by atoms with van der Waals surface area (Å²) in [5.41, 5.74) is 5.91. The Morgan fingerprint density at radius 3 is 2.78 bits per heavy atom. The van der Waals surface area contributed by atoms with Crippen LogP contribution < -0.4 is 5.73 Å². The zero-order valence-corrected chi connectivity index (χ0v) is 12.5. The summed E-state index contributed by atoms with van der Waals surface area (Å²) >= 11 is 8.95. The molecule has 0 saturated carbocycles. The van der Waals surface area contributed by atoms with Crippen molar-refractivity contribution in [1.29, 1.82) is 0 Å². The van der Waals surface area contributed by atoms with Gasteiger partial charge in [-0.05, 0) is 34.5 Å². The van der Waals surface area contributed by atoms with Crippen LogP contribution in [-0.4, -0.2) is 29.9 Å². The average molecular weight is 358 g/mol. The van der Waals surface area contributed by atoms with E-state index in [-0.39, 0.29) is 39.4 Å². The Morgan fingerprint density at radius 2 is 2.22 bits per heavy atom. The molecule has 1 amide bonds. The van der Waals surface area contributed by atoms with Gasteiger partial charge in [-0.3, -0.25) is 4.79 Å². The minimum absolute atomic E-state index is 0. The highest BCUT2D eigenvalue weighted by atomic mass is 79.9. The van der Waals surface area contributed by atoms with E-state index in [4.69, 9.17) is 17.3 Å². The molecule has 0 radical (unpaired) electrons. The molecule has 1 heterocycles. The molecule has 1 aromatic rings. The third-order valence-corrected chi connectivity index (χ3v) is 3.67. The molecule has 1 saturated heterocycles. The lowest BCUT2D eigenvalue weighted by Crippen LogP contribution is -2.32. The van der Waals surface area contributed by atoms with Crippen molar-refractivity contribution in [3.63, 3.8) is 0 Å². The third kappa shape index (κ3) is 3.15. The van der Waals surface area contributed by atoms with Gasteiger partial charge in [0.2, 0.25) is 0 Å². The molecular weight excluding hydrogens is 346 g/mol. The Kier molecular flexibility index (Phi) is 5.40. The smallest absolute Gasteiger partial charge is 0.255 e. The Labute approximate surface area is 124 Å². The van der Waals surface area contributed by atoms with Gasteiger partial charge < -0.3 is 10.6 Å². The van der Waals surface area contributed by atoms with E-state index in [1.165, 1.54) is 6.07 Å². The van der Waals surface area contributed by atoms with Gasteiger partial charge in [-0.1, -0.05) is 11.6 Å². The van der Waals surface area contributed by atoms with Crippen molar-refractivity contribution in [1.82, 2.24) is 4.90 Å². The summed E-state index contributed by atoms with van der Waals surface area (Å²) < 4.78 is 13.6. The predicted molar refractivity (Wildman–Crippen MR) is 74.9 cm³/mol. The van der Waals surface area contributed by atoms with Crippen LogP contribution in [0.4, 0.5) is 4.39 Å². The van der Waals surface area contributed by atoms with Gasteiger partial charge in [0, 0.05) is 19.1 Å². The predicted octanol–water partition coefficient (Wildman–Crippen LogP) is 2.84. The van der Waals surface area contributed by atoms with Gasteiger partial charge in [0.05, 0.1) is 15.1 Å². The monoisotopic (exact) mass is 356 g/mol. The summed E-state index contributed by atoms with van der Waals surface area (Å²) in [5, 5.41) is 0.240. The number of amides is 1. The maximum atomic E-state index is 13.4. The molecule has 0 unspecified atom stereocenters. The number of rotatable bonds is 1. The average Bonchev–Trinajstić information content (AvgIpc) is 2.69. The molecule has 1 atom stereocenters. The van der Waals surface area contributed by atoms with E-state index in [2.05, 4.69) is 15.9 Å². The van der Waals surface area contributed by atoms with Crippen LogP contribution in [0.1, 0.15) is 16.8 Å². The van der Waals surface area contributed by atoms with Crippen LogP contribution in [-0.2, 0) is 0 Å². The summed E-state index contributed by atoms with van der Waals surface area (Å²) in [7, 11) is 0. The van der Waals surface area contributed by atoms with Gasteiger partial charge in [-0.15, -0.1) is 12.4 Å². The maximum Gasteiger partial charge on any atom is 0.255 e. The van der Waals surface area contributed by atoms with Gasteiger partial charge >= 0.3 is 0 Å². The van der Waals surface area contributed by atoms with Crippen molar-refractivity contribution in [3.8, 4) is 0 Å². The fourth-order valence-electron chi connectivity index (χ4n) is 1.83. The van der Waals surface area contributed by atoms with Gasteiger partial charge in [-0.2, -0.15) is 0 Å². The Morgan fingerprint density at radius 1 is 1.56 bits per heavy atom. The molecule has 1 aromatic carbocycles. The van der Waals surface area contributed by atoms with E-state index in [1.54, 1.807) is 4.90 Å². The summed E-state index contributed by atoms with van der Waals surface area (Å²) in [6.45, 7) is 1.08. The lowest BCUT2D eigenvalue weighted by molar-refractivity contribution is 0.0790. The van der Waals surface area contributed by atoms with E-state index in [0.717, 1.165) is 12.5 Å². The normalized spacial score (nSPS) is 18.7. The summed E-state index contributed by atoms with van der Waals surface area (Å²) in [6, 6.07) is 2.54. The number of likely N-dealkylation sites (tertiary alicyclic amines) is 1. The Bertz CT molecular complexity index is 473. The zero-order chi connectivity index (χ0) is 12.6. The molecule has 7 heteroatoms. The van der Waals surface area contributed by atoms with Crippen LogP contribution in [0.15, 0.2) is 16.6 Å². The van der Waals surface area contributed by atoms with Crippen molar-refractivity contribution in [3.05, 3.63) is 33.0 Å². The van der Waals surface area contributed by atoms with Crippen molar-refractivity contribution in [2.75, 3.05) is 13.1 Å². The summed E-state index contributed by atoms with van der Waals surface area (Å²) in [4.78, 5) is 13.7. The van der Waals surface area contributed by atoms with Crippen molar-refractivity contribution in [2.45, 2.75) is 12.5 Å². The third-order valence-electron chi connectivity index (χ3n) is 2.75. The van der Waals surface area contributed by atoms with Gasteiger partial charge in [0.15, 0.2) is 0 Å². The molecule has 18 heavy (non-hydrogen) atoms. The molecule has 2 rings (SSSR count). The van der Waals surface area contributed by atoms with E-state index in [1.807, 2.05) is 0 Å². The summed E-state index contributed by atoms with van der Waals surface area (Å²) in [6.07, 6.45) is 0.766. The molecule has 1 aliphatic rings. The molecule has 0 aliphatic carbocycles. The molecule has 1 fully saturated rings. The van der Waals surface area contributed by atoms with E-state index in [9.17, 15) is 9.18 Å². The second-order valence-corrected chi connectivity index (χ2v) is 5.31. The quantitative estimate of drug-likeness (QED) is 0.785. The van der Waals surface area contributed by atoms with E-state index in [0.29, 0.717) is 13.1 Å². The molecular formula is C11H12BrCl2FN2O. The van der Waals surface area contributed by atoms with Crippen LogP contribution in [0.3, 0.4) is 0 Å². The van der Waals surface area contributed by atoms with Crippen molar-refractivity contribution >= 4 is 45.8 Å². The molecule has 0 spiro atoms. The number of benzene rings is 1. The molecule has 100 valence electrons. The first-order chi connectivity index (χ1) is 7.99. The molecule has 0 bridgehead atoms. The van der Waals surface area contributed by atoms with E-state index < -0.39 is 5.82 Å². The van der Waals surface area contributed by atoms with Gasteiger partial charge in [-0.25, -0.2) is 4.39 Å². The molecule has 0 aromatic heterocycles.